The third kappa shape index (κ3) is 3.56. The minimum Gasteiger partial charge on any atom is -0.332 e. The molecule has 23 heavy (non-hydrogen) atoms. The summed E-state index contributed by atoms with van der Waals surface area (Å²) in [7, 11) is 0. The summed E-state index contributed by atoms with van der Waals surface area (Å²) in [4.78, 5) is 4.65. The van der Waals surface area contributed by atoms with Gasteiger partial charge >= 0.3 is 0 Å². The van der Waals surface area contributed by atoms with E-state index in [2.05, 4.69) is 76.1 Å². The number of nitrogens with zero attached hydrogens (tertiary/aromatic N) is 4. The number of anilines is 2. The van der Waals surface area contributed by atoms with E-state index in [0.717, 1.165) is 27.9 Å². The maximum atomic E-state index is 4.65. The summed E-state index contributed by atoms with van der Waals surface area (Å²) in [5.41, 5.74) is 3.35. The fourth-order valence-electron chi connectivity index (χ4n) is 2.16. The zero-order chi connectivity index (χ0) is 16.4. The summed E-state index contributed by atoms with van der Waals surface area (Å²) in [6.07, 6.45) is 0. The lowest BCUT2D eigenvalue weighted by molar-refractivity contribution is 0.573. The SMILES string of the molecule is C[C@H](c1ccc(Nc2nc(C(C)(C)C)cs2)cc1)c1nnn[nH]1. The Bertz CT molecular complexity index is 755. The van der Waals surface area contributed by atoms with Crippen LogP contribution in [0, 0.1) is 0 Å². The Kier molecular flexibility index (Phi) is 4.12. The Morgan fingerprint density at radius 2 is 1.91 bits per heavy atom. The zero-order valence-electron chi connectivity index (χ0n) is 13.7. The molecular weight excluding hydrogens is 308 g/mol. The monoisotopic (exact) mass is 328 g/mol. The van der Waals surface area contributed by atoms with Crippen LogP contribution < -0.4 is 5.32 Å². The number of benzene rings is 1. The van der Waals surface area contributed by atoms with Crippen LogP contribution in [0.5, 0.6) is 0 Å². The van der Waals surface area contributed by atoms with E-state index in [0.29, 0.717) is 0 Å². The quantitative estimate of drug-likeness (QED) is 0.760. The van der Waals surface area contributed by atoms with Crippen molar-refractivity contribution in [3.8, 4) is 0 Å². The molecule has 0 saturated heterocycles. The van der Waals surface area contributed by atoms with Gasteiger partial charge in [0.25, 0.3) is 0 Å². The molecule has 0 bridgehead atoms. The van der Waals surface area contributed by atoms with Crippen molar-refractivity contribution in [1.29, 1.82) is 0 Å². The van der Waals surface area contributed by atoms with E-state index in [4.69, 9.17) is 0 Å². The second kappa shape index (κ2) is 6.08. The Balaban J connectivity index is 1.71. The van der Waals surface area contributed by atoms with E-state index in [1.165, 1.54) is 0 Å². The van der Waals surface area contributed by atoms with Crippen LogP contribution in [0.4, 0.5) is 10.8 Å². The number of tetrazole rings is 1. The van der Waals surface area contributed by atoms with Gasteiger partial charge in [0.05, 0.1) is 5.69 Å². The molecular formula is C16H20N6S. The summed E-state index contributed by atoms with van der Waals surface area (Å²) in [6, 6.07) is 8.25. The lowest BCUT2D eigenvalue weighted by atomic mass is 9.93. The van der Waals surface area contributed by atoms with E-state index in [1.807, 2.05) is 12.1 Å². The second-order valence-corrected chi connectivity index (χ2v) is 7.40. The minimum absolute atomic E-state index is 0.0703. The molecule has 2 N–H and O–H groups in total. The van der Waals surface area contributed by atoms with Crippen molar-refractivity contribution >= 4 is 22.2 Å². The van der Waals surface area contributed by atoms with Crippen molar-refractivity contribution in [2.24, 2.45) is 0 Å². The normalized spacial score (nSPS) is 13.0. The first-order valence-corrected chi connectivity index (χ1v) is 8.38. The number of thiazole rings is 1. The van der Waals surface area contributed by atoms with Crippen LogP contribution in [0.3, 0.4) is 0 Å². The van der Waals surface area contributed by atoms with Gasteiger partial charge in [0.2, 0.25) is 0 Å². The maximum absolute atomic E-state index is 4.65. The van der Waals surface area contributed by atoms with Crippen LogP contribution >= 0.6 is 11.3 Å². The summed E-state index contributed by atoms with van der Waals surface area (Å²) < 4.78 is 0. The highest BCUT2D eigenvalue weighted by atomic mass is 32.1. The Labute approximate surface area is 139 Å². The summed E-state index contributed by atoms with van der Waals surface area (Å²) in [6.45, 7) is 8.57. The molecule has 120 valence electrons. The van der Waals surface area contributed by atoms with Crippen molar-refractivity contribution in [3.63, 3.8) is 0 Å². The molecule has 1 atom stereocenters. The molecule has 2 aromatic heterocycles. The molecule has 2 heterocycles. The van der Waals surface area contributed by atoms with E-state index in [1.54, 1.807) is 11.3 Å². The lowest BCUT2D eigenvalue weighted by Gasteiger charge is -2.14. The highest BCUT2D eigenvalue weighted by Crippen LogP contribution is 2.29. The number of nitrogens with one attached hydrogen (secondary N) is 2. The summed E-state index contributed by atoms with van der Waals surface area (Å²) >= 11 is 1.63. The average Bonchev–Trinajstić information content (AvgIpc) is 3.18. The maximum Gasteiger partial charge on any atom is 0.187 e. The number of H-pyrrole nitrogens is 1. The second-order valence-electron chi connectivity index (χ2n) is 6.54. The van der Waals surface area contributed by atoms with Crippen LogP contribution in [0.2, 0.25) is 0 Å². The van der Waals surface area contributed by atoms with Gasteiger partial charge in [-0.3, -0.25) is 0 Å². The van der Waals surface area contributed by atoms with Crippen LogP contribution in [-0.2, 0) is 5.41 Å². The fraction of sp³-hybridized carbons (Fsp3) is 0.375. The van der Waals surface area contributed by atoms with E-state index in [-0.39, 0.29) is 11.3 Å². The predicted molar refractivity (Wildman–Crippen MR) is 92.2 cm³/mol. The number of aromatic nitrogens is 5. The molecule has 3 aromatic rings. The number of hydrogen-bond acceptors (Lipinski definition) is 6. The van der Waals surface area contributed by atoms with E-state index >= 15 is 0 Å². The van der Waals surface area contributed by atoms with Gasteiger partial charge in [0.15, 0.2) is 11.0 Å². The topological polar surface area (TPSA) is 79.4 Å². The largest absolute Gasteiger partial charge is 0.332 e. The minimum atomic E-state index is 0.0703. The Morgan fingerprint density at radius 3 is 2.48 bits per heavy atom. The zero-order valence-corrected chi connectivity index (χ0v) is 14.5. The van der Waals surface area contributed by atoms with E-state index < -0.39 is 0 Å². The van der Waals surface area contributed by atoms with Crippen LogP contribution in [-0.4, -0.2) is 25.6 Å². The molecule has 1 aromatic carbocycles. The molecule has 7 heteroatoms. The van der Waals surface area contributed by atoms with Gasteiger partial charge < -0.3 is 5.32 Å². The van der Waals surface area contributed by atoms with Gasteiger partial charge in [-0.05, 0) is 28.1 Å². The fourth-order valence-corrected chi connectivity index (χ4v) is 3.12. The molecule has 0 spiro atoms. The average molecular weight is 328 g/mol. The first-order chi connectivity index (χ1) is 10.9. The van der Waals surface area contributed by atoms with Crippen LogP contribution in [0.1, 0.15) is 50.7 Å². The van der Waals surface area contributed by atoms with E-state index in [9.17, 15) is 0 Å². The molecule has 0 amide bonds. The molecule has 3 rings (SSSR count). The molecule has 0 aliphatic heterocycles. The van der Waals surface area contributed by atoms with Crippen LogP contribution in [0.15, 0.2) is 29.6 Å². The van der Waals surface area contributed by atoms with Crippen molar-refractivity contribution in [2.45, 2.75) is 39.0 Å². The van der Waals surface area contributed by atoms with Gasteiger partial charge in [-0.2, -0.15) is 0 Å². The number of aromatic amines is 1. The summed E-state index contributed by atoms with van der Waals surface area (Å²) in [5, 5.41) is 20.4. The van der Waals surface area contributed by atoms with Crippen molar-refractivity contribution in [2.75, 3.05) is 5.32 Å². The first-order valence-electron chi connectivity index (χ1n) is 7.50. The van der Waals surface area contributed by atoms with Gasteiger partial charge in [-0.1, -0.05) is 39.8 Å². The summed E-state index contributed by atoms with van der Waals surface area (Å²) in [5.74, 6) is 0.895. The Hall–Kier alpha value is -2.28. The standard InChI is InChI=1S/C16H20N6S/c1-10(14-19-21-22-20-14)11-5-7-12(8-6-11)17-15-18-13(9-23-15)16(2,3)4/h5-10H,1-4H3,(H,17,18)(H,19,20,21,22)/t10-/m1/s1. The molecule has 0 unspecified atom stereocenters. The van der Waals surface area contributed by atoms with Gasteiger partial charge in [-0.15, -0.1) is 16.4 Å². The number of hydrogen-bond donors (Lipinski definition) is 2. The third-order valence-electron chi connectivity index (χ3n) is 3.71. The Morgan fingerprint density at radius 1 is 1.17 bits per heavy atom. The highest BCUT2D eigenvalue weighted by Gasteiger charge is 2.17. The first kappa shape index (κ1) is 15.6. The van der Waals surface area contributed by atoms with Crippen molar-refractivity contribution < 1.29 is 0 Å². The van der Waals surface area contributed by atoms with Crippen molar-refractivity contribution in [3.05, 3.63) is 46.7 Å². The highest BCUT2D eigenvalue weighted by molar-refractivity contribution is 7.13. The lowest BCUT2D eigenvalue weighted by Crippen LogP contribution is -2.11. The van der Waals surface area contributed by atoms with Gasteiger partial charge in [0, 0.05) is 22.4 Å². The molecule has 0 aliphatic rings. The smallest absolute Gasteiger partial charge is 0.187 e. The molecule has 0 aliphatic carbocycles. The molecule has 0 radical (unpaired) electrons. The number of rotatable bonds is 4. The van der Waals surface area contributed by atoms with Gasteiger partial charge in [0.1, 0.15) is 0 Å². The predicted octanol–water partition coefficient (Wildman–Crippen LogP) is 3.85. The van der Waals surface area contributed by atoms with Crippen LogP contribution in [0.25, 0.3) is 0 Å². The third-order valence-corrected chi connectivity index (χ3v) is 4.46. The molecule has 0 fully saturated rings. The van der Waals surface area contributed by atoms with Crippen molar-refractivity contribution in [1.82, 2.24) is 25.6 Å². The molecule has 0 saturated carbocycles. The molecule has 6 nitrogen and oxygen atoms in total. The van der Waals surface area contributed by atoms with Gasteiger partial charge in [-0.25, -0.2) is 10.1 Å².